The maximum Gasteiger partial charge on any atom is 0.416 e. The zero-order valence-corrected chi connectivity index (χ0v) is 17.0. The summed E-state index contributed by atoms with van der Waals surface area (Å²) in [5, 5.41) is 14.4. The van der Waals surface area contributed by atoms with Crippen LogP contribution in [0.4, 0.5) is 23.7 Å². The Morgan fingerprint density at radius 2 is 1.73 bits per heavy atom. The lowest BCUT2D eigenvalue weighted by atomic mass is 10.2. The van der Waals surface area contributed by atoms with Crippen molar-refractivity contribution in [1.29, 1.82) is 0 Å². The largest absolute Gasteiger partial charge is 0.416 e. The molecule has 0 aliphatic carbocycles. The van der Waals surface area contributed by atoms with E-state index in [9.17, 15) is 18.0 Å². The highest BCUT2D eigenvalue weighted by atomic mass is 19.4. The fourth-order valence-corrected chi connectivity index (χ4v) is 2.00. The lowest BCUT2D eigenvalue weighted by Crippen LogP contribution is -2.31. The number of nitrogens with one attached hydrogen (secondary N) is 3. The third-order valence-corrected chi connectivity index (χ3v) is 3.19. The third kappa shape index (κ3) is 10.3. The highest BCUT2D eigenvalue weighted by molar-refractivity contribution is 5.90. The fraction of sp³-hybridized carbons (Fsp3) is 0.250. The van der Waals surface area contributed by atoms with Crippen LogP contribution in [0.25, 0.3) is 0 Å². The number of hydrogen-bond donors (Lipinski definition) is 5. The summed E-state index contributed by atoms with van der Waals surface area (Å²) < 4.78 is 38.0. The number of carbonyl (C=O) groups is 1. The van der Waals surface area contributed by atoms with E-state index in [0.717, 1.165) is 24.8 Å². The Morgan fingerprint density at radius 3 is 2.30 bits per heavy atom. The van der Waals surface area contributed by atoms with Crippen LogP contribution in [0.15, 0.2) is 66.7 Å². The van der Waals surface area contributed by atoms with Crippen LogP contribution in [0, 0.1) is 0 Å². The van der Waals surface area contributed by atoms with Gasteiger partial charge in [0.05, 0.1) is 11.8 Å². The number of halogens is 3. The molecule has 0 atom stereocenters. The van der Waals surface area contributed by atoms with Gasteiger partial charge in [-0.25, -0.2) is 4.79 Å². The summed E-state index contributed by atoms with van der Waals surface area (Å²) in [6, 6.07) is 12.9. The van der Waals surface area contributed by atoms with Gasteiger partial charge in [0.25, 0.3) is 0 Å². The van der Waals surface area contributed by atoms with Gasteiger partial charge in [-0.3, -0.25) is 5.32 Å². The Hall–Kier alpha value is -3.24. The number of hydrogen-bond acceptors (Lipinski definition) is 5. The maximum atomic E-state index is 12.7. The summed E-state index contributed by atoms with van der Waals surface area (Å²) in [4.78, 5) is 16.4. The van der Waals surface area contributed by atoms with Gasteiger partial charge in [0, 0.05) is 19.3 Å². The molecule has 0 unspecified atom stereocenters. The molecule has 0 aliphatic heterocycles. The molecule has 0 fully saturated rings. The van der Waals surface area contributed by atoms with Crippen LogP contribution in [0.1, 0.15) is 25.0 Å². The number of aliphatic hydroxyl groups excluding tert-OH is 1. The minimum atomic E-state index is -4.50. The van der Waals surface area contributed by atoms with Gasteiger partial charge in [-0.2, -0.15) is 19.1 Å². The number of benzene rings is 2. The summed E-state index contributed by atoms with van der Waals surface area (Å²) in [6.07, 6.45) is -3.17. The minimum Gasteiger partial charge on any atom is -0.400 e. The highest BCUT2D eigenvalue weighted by Gasteiger charge is 2.30. The normalized spacial score (nSPS) is 10.5. The van der Waals surface area contributed by atoms with Crippen molar-refractivity contribution in [2.45, 2.75) is 26.6 Å². The Balaban J connectivity index is 0.00000198. The van der Waals surface area contributed by atoms with Crippen molar-refractivity contribution in [2.24, 2.45) is 5.90 Å². The Bertz CT molecular complexity index is 769. The van der Waals surface area contributed by atoms with Gasteiger partial charge < -0.3 is 20.6 Å². The van der Waals surface area contributed by atoms with E-state index >= 15 is 0 Å². The highest BCUT2D eigenvalue weighted by Crippen LogP contribution is 2.30. The SMILES string of the molecule is CC.CO.NO/C(=C\NCc1ccccc1)NC(=O)Nc1cccc(C(F)(F)F)c1. The molecule has 6 N–H and O–H groups in total. The summed E-state index contributed by atoms with van der Waals surface area (Å²) in [5.74, 6) is 4.97. The molecule has 0 saturated carbocycles. The van der Waals surface area contributed by atoms with Crippen LogP contribution in [0.5, 0.6) is 0 Å². The molecule has 166 valence electrons. The molecule has 2 aromatic carbocycles. The molecule has 0 aromatic heterocycles. The minimum absolute atomic E-state index is 0.0223. The van der Waals surface area contributed by atoms with Crippen molar-refractivity contribution in [3.63, 3.8) is 0 Å². The first kappa shape index (κ1) is 26.8. The van der Waals surface area contributed by atoms with E-state index in [1.54, 1.807) is 0 Å². The molecule has 2 rings (SSSR count). The first-order chi connectivity index (χ1) is 14.4. The number of urea groups is 1. The van der Waals surface area contributed by atoms with Crippen LogP contribution >= 0.6 is 0 Å². The molecule has 10 heteroatoms. The van der Waals surface area contributed by atoms with E-state index in [2.05, 4.69) is 20.8 Å². The average molecular weight is 428 g/mol. The number of amides is 2. The van der Waals surface area contributed by atoms with Gasteiger partial charge in [-0.1, -0.05) is 50.2 Å². The molecule has 0 radical (unpaired) electrons. The van der Waals surface area contributed by atoms with E-state index in [1.165, 1.54) is 18.3 Å². The van der Waals surface area contributed by atoms with Crippen LogP contribution in [0.2, 0.25) is 0 Å². The van der Waals surface area contributed by atoms with E-state index in [4.69, 9.17) is 11.0 Å². The molecule has 0 heterocycles. The van der Waals surface area contributed by atoms with Gasteiger partial charge in [0.2, 0.25) is 5.88 Å². The zero-order valence-electron chi connectivity index (χ0n) is 17.0. The number of rotatable bonds is 6. The van der Waals surface area contributed by atoms with Crippen LogP contribution in [0.3, 0.4) is 0 Å². The van der Waals surface area contributed by atoms with E-state index in [-0.39, 0.29) is 11.6 Å². The van der Waals surface area contributed by atoms with Crippen LogP contribution < -0.4 is 21.8 Å². The van der Waals surface area contributed by atoms with Gasteiger partial charge >= 0.3 is 12.2 Å². The van der Waals surface area contributed by atoms with Gasteiger partial charge in [0.1, 0.15) is 0 Å². The molecule has 30 heavy (non-hydrogen) atoms. The molecule has 0 aliphatic rings. The number of aliphatic hydroxyl groups is 1. The first-order valence-electron chi connectivity index (χ1n) is 8.92. The Kier molecular flexibility index (Phi) is 13.1. The standard InChI is InChI=1S/C17H17F3N4O2.C2H6.CH4O/c18-17(19,20)13-7-4-8-14(9-13)23-16(25)24-15(26-21)11-22-10-12-5-2-1-3-6-12;2*1-2/h1-9,11,22H,10,21H2,(H2,23,24,25);1-2H3;2H,1H3/b15-11-;;. The summed E-state index contributed by atoms with van der Waals surface area (Å²) >= 11 is 0. The van der Waals surface area contributed by atoms with Crippen molar-refractivity contribution in [3.05, 3.63) is 77.8 Å². The lowest BCUT2D eigenvalue weighted by molar-refractivity contribution is -0.137. The summed E-state index contributed by atoms with van der Waals surface area (Å²) in [7, 11) is 1.00. The Morgan fingerprint density at radius 1 is 1.10 bits per heavy atom. The number of alkyl halides is 3. The van der Waals surface area contributed by atoms with E-state index in [1.807, 2.05) is 44.2 Å². The quantitative estimate of drug-likeness (QED) is 0.354. The van der Waals surface area contributed by atoms with E-state index < -0.39 is 17.8 Å². The van der Waals surface area contributed by atoms with E-state index in [0.29, 0.717) is 6.54 Å². The second-order valence-corrected chi connectivity index (χ2v) is 5.15. The molecule has 0 spiro atoms. The van der Waals surface area contributed by atoms with Crippen molar-refractivity contribution < 1.29 is 27.9 Å². The zero-order chi connectivity index (χ0) is 23.0. The van der Waals surface area contributed by atoms with Crippen molar-refractivity contribution in [1.82, 2.24) is 10.6 Å². The fourth-order valence-electron chi connectivity index (χ4n) is 2.00. The van der Waals surface area contributed by atoms with Crippen molar-refractivity contribution >= 4 is 11.7 Å². The average Bonchev–Trinajstić information content (AvgIpc) is 2.76. The second-order valence-electron chi connectivity index (χ2n) is 5.15. The molecule has 2 amide bonds. The molecule has 0 saturated heterocycles. The number of anilines is 1. The molecule has 7 nitrogen and oxygen atoms in total. The topological polar surface area (TPSA) is 109 Å². The molecule has 2 aromatic rings. The molecular formula is C20H27F3N4O3. The third-order valence-electron chi connectivity index (χ3n) is 3.19. The maximum absolute atomic E-state index is 12.7. The van der Waals surface area contributed by atoms with Gasteiger partial charge in [-0.15, -0.1) is 0 Å². The molecular weight excluding hydrogens is 401 g/mol. The lowest BCUT2D eigenvalue weighted by Gasteiger charge is -2.12. The predicted molar refractivity (Wildman–Crippen MR) is 110 cm³/mol. The predicted octanol–water partition coefficient (Wildman–Crippen LogP) is 3.94. The van der Waals surface area contributed by atoms with Crippen LogP contribution in [-0.4, -0.2) is 18.2 Å². The number of nitrogens with two attached hydrogens (primary N) is 1. The Labute approximate surface area is 173 Å². The molecule has 0 bridgehead atoms. The van der Waals surface area contributed by atoms with Crippen LogP contribution in [-0.2, 0) is 17.6 Å². The first-order valence-corrected chi connectivity index (χ1v) is 8.92. The summed E-state index contributed by atoms with van der Waals surface area (Å²) in [5.41, 5.74) is 0.102. The van der Waals surface area contributed by atoms with Gasteiger partial charge in [0.15, 0.2) is 0 Å². The smallest absolute Gasteiger partial charge is 0.400 e. The monoisotopic (exact) mass is 428 g/mol. The second kappa shape index (κ2) is 14.7. The number of carbonyl (C=O) groups excluding carboxylic acids is 1. The van der Waals surface area contributed by atoms with Crippen molar-refractivity contribution in [2.75, 3.05) is 12.4 Å². The van der Waals surface area contributed by atoms with Crippen molar-refractivity contribution in [3.8, 4) is 0 Å². The van der Waals surface area contributed by atoms with Gasteiger partial charge in [-0.05, 0) is 23.8 Å². The summed E-state index contributed by atoms with van der Waals surface area (Å²) in [6.45, 7) is 4.46.